The predicted octanol–water partition coefficient (Wildman–Crippen LogP) is 18.7. The maximum atomic E-state index is 7.96. The molecule has 1 N–H and O–H groups in total. The van der Waals surface area contributed by atoms with E-state index < -0.39 is 0 Å². The summed E-state index contributed by atoms with van der Waals surface area (Å²) in [6, 6.07) is 75.4. The highest BCUT2D eigenvalue weighted by Crippen LogP contribution is 2.54. The summed E-state index contributed by atoms with van der Waals surface area (Å²) in [6.07, 6.45) is 0. The monoisotopic (exact) mass is 1320 g/mol. The van der Waals surface area contributed by atoms with Crippen molar-refractivity contribution in [2.45, 2.75) is 120 Å². The number of benzene rings is 11. The van der Waals surface area contributed by atoms with E-state index in [0.717, 1.165) is 34.2 Å². The molecule has 6 nitrogen and oxygen atoms in total. The molecular formula is C88H78B3N5OS2. The van der Waals surface area contributed by atoms with Gasteiger partial charge >= 0.3 is 0 Å². The lowest BCUT2D eigenvalue weighted by Gasteiger charge is -2.46. The Morgan fingerprint density at radius 1 is 0.333 bits per heavy atom. The van der Waals surface area contributed by atoms with Crippen LogP contribution in [0, 0.1) is 41.5 Å². The fraction of sp³-hybridized carbons (Fsp3) is 0.205. The summed E-state index contributed by atoms with van der Waals surface area (Å²) < 4.78 is 13.3. The van der Waals surface area contributed by atoms with Crippen LogP contribution in [-0.4, -0.2) is 20.1 Å². The number of thiophene rings is 2. The zero-order chi connectivity index (χ0) is 67.9. The van der Waals surface area contributed by atoms with Gasteiger partial charge < -0.3 is 29.7 Å². The molecule has 0 saturated heterocycles. The van der Waals surface area contributed by atoms with Crippen LogP contribution in [0.4, 0.5) is 79.6 Å². The Labute approximate surface area is 591 Å². The minimum Gasteiger partial charge on any atom is -0.458 e. The van der Waals surface area contributed by atoms with E-state index in [1.807, 2.05) is 22.7 Å². The first kappa shape index (κ1) is 60.5. The van der Waals surface area contributed by atoms with Crippen LogP contribution in [0.2, 0.25) is 0 Å². The molecule has 0 aliphatic carbocycles. The molecule has 13 aromatic rings. The quantitative estimate of drug-likeness (QED) is 0.177. The highest BCUT2D eigenvalue weighted by Gasteiger charge is 2.52. The van der Waals surface area contributed by atoms with Gasteiger partial charge in [0.25, 0.3) is 20.1 Å². The van der Waals surface area contributed by atoms with Crippen molar-refractivity contribution in [1.29, 1.82) is 0 Å². The molecule has 11 heteroatoms. The fourth-order valence-corrected chi connectivity index (χ4v) is 20.6. The molecule has 2 aromatic heterocycles. The highest BCUT2D eigenvalue weighted by atomic mass is 32.1. The lowest BCUT2D eigenvalue weighted by Crippen LogP contribution is -2.65. The van der Waals surface area contributed by atoms with Gasteiger partial charge in [-0.2, -0.15) is 0 Å². The van der Waals surface area contributed by atoms with Crippen molar-refractivity contribution in [2.75, 3.05) is 24.9 Å². The Bertz CT molecular complexity index is 5670. The molecular weight excluding hydrogens is 1240 g/mol. The van der Waals surface area contributed by atoms with Gasteiger partial charge in [0.1, 0.15) is 11.5 Å². The van der Waals surface area contributed by atoms with E-state index >= 15 is 0 Å². The van der Waals surface area contributed by atoms with Gasteiger partial charge in [0, 0.05) is 92.7 Å². The highest BCUT2D eigenvalue weighted by molar-refractivity contribution is 7.34. The minimum absolute atomic E-state index is 0.0788. The van der Waals surface area contributed by atoms with E-state index in [1.54, 1.807) is 0 Å². The van der Waals surface area contributed by atoms with Crippen LogP contribution < -0.4 is 77.4 Å². The molecule has 6 aliphatic rings. The third-order valence-corrected chi connectivity index (χ3v) is 24.8. The molecule has 99 heavy (non-hydrogen) atoms. The SMILES string of the molecule is Cc1cc(C)c(N2c3cc4c(cc3B3c5cc6c(cc5Oc5cc(C(C)(C)C)cc2c53)N(c2c(C)cc(C)cc2C)c2cc(C(C)(C)C)cc3c2B6c2sc5ccccc5c2N3c2ccccc2)B2c3sc5ccccc5c3N(c3ccccc3)c3cc(C(C)(C)C)cc(c32)N4)c(C)c1. The van der Waals surface area contributed by atoms with Crippen LogP contribution >= 0.6 is 22.7 Å². The van der Waals surface area contributed by atoms with Gasteiger partial charge in [-0.15, -0.1) is 22.7 Å². The van der Waals surface area contributed by atoms with Gasteiger partial charge in [-0.1, -0.05) is 183 Å². The number of anilines is 14. The second-order valence-electron chi connectivity index (χ2n) is 32.1. The smallest absolute Gasteiger partial charge is 0.264 e. The number of aryl methyl sites for hydroxylation is 6. The van der Waals surface area contributed by atoms with Crippen LogP contribution in [0.25, 0.3) is 20.2 Å². The van der Waals surface area contributed by atoms with E-state index in [1.165, 1.54) is 175 Å². The molecule has 0 saturated carbocycles. The molecule has 0 fully saturated rings. The Kier molecular flexibility index (Phi) is 12.8. The first-order valence-electron chi connectivity index (χ1n) is 35.3. The zero-order valence-corrected chi connectivity index (χ0v) is 60.9. The third-order valence-electron chi connectivity index (χ3n) is 22.3. The molecule has 8 heterocycles. The summed E-state index contributed by atoms with van der Waals surface area (Å²) in [4.78, 5) is 10.5. The normalized spacial score (nSPS) is 14.4. The maximum absolute atomic E-state index is 7.96. The standard InChI is InChI=1S/C88H78B3N5OS2/c1-48-34-50(3)80(51(4)35-48)95-67-46-65-61(90-77-66(92-65)38-54(86(7,8)9)39-69(77)93(57-26-18-16-19-27-57)82-59-30-22-24-32-75(59)98-84(82)90)44-62(67)89-64-45-63-68(47-73(64)97-74-43-56(88(13,14)15)42-72(95)79(74)89)96(81-52(5)36-49(2)37-53(81)6)71-41-55(87(10,11)12)40-70-78(71)91(63)85-83(60-31-23-25-33-76(60)99-85)94(70)58-28-20-17-21-29-58/h16-47,92H,1-15H3. The van der Waals surface area contributed by atoms with Crippen LogP contribution in [-0.2, 0) is 16.2 Å². The Balaban J connectivity index is 0.939. The fourth-order valence-electron chi connectivity index (χ4n) is 18.0. The van der Waals surface area contributed by atoms with Crippen LogP contribution in [0.3, 0.4) is 0 Å². The number of nitrogens with zero attached hydrogens (tertiary/aromatic N) is 4. The zero-order valence-electron chi connectivity index (χ0n) is 59.2. The summed E-state index contributed by atoms with van der Waals surface area (Å²) in [6.45, 7) is 34.6. The second kappa shape index (κ2) is 20.9. The topological polar surface area (TPSA) is 34.2 Å². The van der Waals surface area contributed by atoms with Crippen molar-refractivity contribution < 1.29 is 4.74 Å². The van der Waals surface area contributed by atoms with Crippen molar-refractivity contribution >= 4 is 190 Å². The number of para-hydroxylation sites is 2. The molecule has 0 atom stereocenters. The summed E-state index contributed by atoms with van der Waals surface area (Å²) in [7, 11) is 0. The predicted molar refractivity (Wildman–Crippen MR) is 431 cm³/mol. The van der Waals surface area contributed by atoms with Gasteiger partial charge in [-0.3, -0.25) is 0 Å². The van der Waals surface area contributed by atoms with Gasteiger partial charge in [-0.25, -0.2) is 0 Å². The van der Waals surface area contributed by atoms with E-state index in [9.17, 15) is 0 Å². The van der Waals surface area contributed by atoms with Gasteiger partial charge in [0.05, 0.1) is 22.7 Å². The molecule has 6 aliphatic heterocycles. The number of hydrogen-bond donors (Lipinski definition) is 1. The lowest BCUT2D eigenvalue weighted by atomic mass is 9.30. The summed E-state index contributed by atoms with van der Waals surface area (Å²) in [5.41, 5.74) is 36.4. The number of ether oxygens (including phenoxy) is 1. The Morgan fingerprint density at radius 2 is 0.747 bits per heavy atom. The van der Waals surface area contributed by atoms with E-state index in [-0.39, 0.29) is 36.4 Å². The van der Waals surface area contributed by atoms with Gasteiger partial charge in [0.2, 0.25) is 0 Å². The first-order chi connectivity index (χ1) is 47.5. The van der Waals surface area contributed by atoms with Crippen LogP contribution in [0.5, 0.6) is 11.5 Å². The van der Waals surface area contributed by atoms with Crippen molar-refractivity contribution in [2.24, 2.45) is 0 Å². The van der Waals surface area contributed by atoms with Gasteiger partial charge in [0.15, 0.2) is 0 Å². The molecule has 11 aromatic carbocycles. The van der Waals surface area contributed by atoms with Crippen molar-refractivity contribution in [1.82, 2.24) is 0 Å². The largest absolute Gasteiger partial charge is 0.458 e. The molecule has 0 unspecified atom stereocenters. The molecule has 19 rings (SSSR count). The third kappa shape index (κ3) is 8.75. The second-order valence-corrected chi connectivity index (χ2v) is 34.3. The summed E-state index contributed by atoms with van der Waals surface area (Å²) >= 11 is 3.93. The average molecular weight is 1320 g/mol. The van der Waals surface area contributed by atoms with Crippen molar-refractivity contribution in [3.8, 4) is 11.5 Å². The minimum atomic E-state index is -0.234. The van der Waals surface area contributed by atoms with E-state index in [0.29, 0.717) is 0 Å². The molecule has 482 valence electrons. The molecule has 0 radical (unpaired) electrons. The van der Waals surface area contributed by atoms with E-state index in [4.69, 9.17) is 4.74 Å². The number of hydrogen-bond acceptors (Lipinski definition) is 8. The Morgan fingerprint density at radius 3 is 1.26 bits per heavy atom. The number of nitrogens with one attached hydrogen (secondary N) is 1. The Hall–Kier alpha value is -9.67. The molecule has 0 amide bonds. The molecule has 0 spiro atoms. The first-order valence-corrected chi connectivity index (χ1v) is 36.9. The summed E-state index contributed by atoms with van der Waals surface area (Å²) in [5, 5.41) is 6.85. The van der Waals surface area contributed by atoms with E-state index in [2.05, 4.69) is 323 Å². The number of fused-ring (bicyclic) bond motifs is 16. The average Bonchev–Trinajstić information content (AvgIpc) is 1.61. The molecule has 0 bridgehead atoms. The van der Waals surface area contributed by atoms with Crippen molar-refractivity contribution in [3.05, 3.63) is 244 Å². The van der Waals surface area contributed by atoms with Crippen molar-refractivity contribution in [3.63, 3.8) is 0 Å². The maximum Gasteiger partial charge on any atom is 0.264 e. The number of rotatable bonds is 4. The lowest BCUT2D eigenvalue weighted by molar-refractivity contribution is 0.483. The van der Waals surface area contributed by atoms with Crippen LogP contribution in [0.1, 0.15) is 112 Å². The van der Waals surface area contributed by atoms with Gasteiger partial charge in [-0.05, 0) is 214 Å². The van der Waals surface area contributed by atoms with Crippen LogP contribution in [0.15, 0.2) is 194 Å². The summed E-state index contributed by atoms with van der Waals surface area (Å²) in [5.74, 6) is 1.81.